The molecule has 0 nitrogen and oxygen atoms in total. The molecule has 0 radical (unpaired) electrons. The summed E-state index contributed by atoms with van der Waals surface area (Å²) in [6.07, 6.45) is 0. The highest BCUT2D eigenvalue weighted by Crippen LogP contribution is 1.92. The van der Waals surface area contributed by atoms with Gasteiger partial charge in [0.25, 0.3) is 14.1 Å². The minimum atomic E-state index is -0.139. The van der Waals surface area contributed by atoms with Crippen LogP contribution in [0, 0.1) is 5.92 Å². The fourth-order valence-corrected chi connectivity index (χ4v) is 0. The van der Waals surface area contributed by atoms with Gasteiger partial charge < -0.3 is 0 Å². The summed E-state index contributed by atoms with van der Waals surface area (Å²) in [5, 5.41) is 1.44. The van der Waals surface area contributed by atoms with Crippen molar-refractivity contribution in [1.82, 2.24) is 0 Å². The van der Waals surface area contributed by atoms with E-state index in [1.54, 1.807) is 0 Å². The van der Waals surface area contributed by atoms with E-state index in [-0.39, 0.29) is 14.1 Å². The lowest BCUT2D eigenvalue weighted by molar-refractivity contribution is 0.735. The van der Waals surface area contributed by atoms with E-state index in [4.69, 9.17) is 0 Å². The molecule has 9 heavy (non-hydrogen) atoms. The van der Waals surface area contributed by atoms with Gasteiger partial charge in [0.15, 0.2) is 0 Å². The topological polar surface area (TPSA) is 0 Å². The maximum absolute atomic E-state index is 2.31. The van der Waals surface area contributed by atoms with E-state index in [9.17, 15) is 0 Å². The maximum Gasteiger partial charge on any atom is 0.251 e. The molecule has 0 atom stereocenters. The zero-order valence-electron chi connectivity index (χ0n) is 7.86. The third-order valence-corrected chi connectivity index (χ3v) is 2.45. The van der Waals surface area contributed by atoms with E-state index in [2.05, 4.69) is 31.2 Å². The lowest BCUT2D eigenvalue weighted by Gasteiger charge is -1.90. The molecular formula is C7H20Al2. The Morgan fingerprint density at radius 1 is 1.22 bits per heavy atom. The summed E-state index contributed by atoms with van der Waals surface area (Å²) in [4.78, 5) is 0. The van der Waals surface area contributed by atoms with Crippen LogP contribution < -0.4 is 0 Å². The van der Waals surface area contributed by atoms with Gasteiger partial charge in [0.2, 0.25) is 16.3 Å². The second-order valence-electron chi connectivity index (χ2n) is 3.53. The predicted molar refractivity (Wildman–Crippen MR) is 51.5 cm³/mol. The Labute approximate surface area is 72.8 Å². The first-order valence-electron chi connectivity index (χ1n) is 4.00. The van der Waals surface area contributed by atoms with E-state index >= 15 is 0 Å². The monoisotopic (exact) mass is 158 g/mol. The summed E-state index contributed by atoms with van der Waals surface area (Å²) >= 11 is 1.23. The second-order valence-corrected chi connectivity index (χ2v) is 7.81. The first-order chi connectivity index (χ1) is 4.00. The number of rotatable bonds is 1. The van der Waals surface area contributed by atoms with Crippen molar-refractivity contribution in [2.45, 2.75) is 36.5 Å². The highest BCUT2D eigenvalue weighted by Gasteiger charge is 1.82. The van der Waals surface area contributed by atoms with Crippen LogP contribution in [0.15, 0.2) is 0 Å². The van der Waals surface area contributed by atoms with Crippen molar-refractivity contribution < 1.29 is 0 Å². The van der Waals surface area contributed by atoms with Gasteiger partial charge in [-0.1, -0.05) is 25.0 Å². The standard InChI is InChI=1S/C4H9.3CH3.2Al.2H/c1-4(2)3;;;;;;;/h4H,1H2,2-3H3;3*1H3;;;;. The van der Waals surface area contributed by atoms with Crippen molar-refractivity contribution in [3.63, 3.8) is 0 Å². The SMILES string of the molecule is CC(C)[CH2][AlH2].[CH3][Al]([CH3])[CH3]. The molecule has 0 aromatic heterocycles. The summed E-state index contributed by atoms with van der Waals surface area (Å²) < 4.78 is 0. The minimum Gasteiger partial charge on any atom is -0.106 e. The van der Waals surface area contributed by atoms with E-state index in [0.29, 0.717) is 0 Å². The molecule has 0 rings (SSSR count). The smallest absolute Gasteiger partial charge is 0.106 e. The summed E-state index contributed by atoms with van der Waals surface area (Å²) in [6.45, 7) is 4.51. The third kappa shape index (κ3) is 48.2. The van der Waals surface area contributed by atoms with Crippen LogP contribution >= 0.6 is 0 Å². The largest absolute Gasteiger partial charge is 0.251 e. The zero-order valence-corrected chi connectivity index (χ0v) is 11.0. The Bertz CT molecular complexity index is 39.4. The number of hydrogen-bond donors (Lipinski definition) is 0. The van der Waals surface area contributed by atoms with Gasteiger partial charge in [0.05, 0.1) is 0 Å². The minimum absolute atomic E-state index is 0.139. The predicted octanol–water partition coefficient (Wildman–Crippen LogP) is 2.06. The van der Waals surface area contributed by atoms with E-state index < -0.39 is 0 Å². The quantitative estimate of drug-likeness (QED) is 0.512. The number of hydrogen-bond acceptors (Lipinski definition) is 0. The van der Waals surface area contributed by atoms with Gasteiger partial charge in [0, 0.05) is 0 Å². The normalized spacial score (nSPS) is 8.22. The summed E-state index contributed by atoms with van der Waals surface area (Å²) in [6, 6.07) is 0. The Morgan fingerprint density at radius 3 is 1.33 bits per heavy atom. The molecule has 0 spiro atoms. The fourth-order valence-electron chi connectivity index (χ4n) is 0. The van der Waals surface area contributed by atoms with Gasteiger partial charge in [-0.05, 0) is 0 Å². The van der Waals surface area contributed by atoms with Crippen LogP contribution in [0.2, 0.25) is 22.6 Å². The van der Waals surface area contributed by atoms with Crippen LogP contribution in [0.3, 0.4) is 0 Å². The third-order valence-electron chi connectivity index (χ3n) is 0.816. The second kappa shape index (κ2) is 9.06. The highest BCUT2D eigenvalue weighted by atomic mass is 27.2. The van der Waals surface area contributed by atoms with Crippen molar-refractivity contribution in [3.05, 3.63) is 0 Å². The first kappa shape index (κ1) is 12.7. The molecular weight excluding hydrogens is 138 g/mol. The molecule has 2 heteroatoms. The summed E-state index contributed by atoms with van der Waals surface area (Å²) in [5.41, 5.74) is 0. The van der Waals surface area contributed by atoms with Crippen LogP contribution in [0.25, 0.3) is 0 Å². The van der Waals surface area contributed by atoms with Gasteiger partial charge in [0.1, 0.15) is 0 Å². The average Bonchev–Trinajstić information content (AvgIpc) is 1.65. The Morgan fingerprint density at radius 2 is 1.33 bits per heavy atom. The highest BCUT2D eigenvalue weighted by molar-refractivity contribution is 6.54. The Balaban J connectivity index is 0. The summed E-state index contributed by atoms with van der Waals surface area (Å²) in [7, 11) is 0. The van der Waals surface area contributed by atoms with Gasteiger partial charge in [-0.3, -0.25) is 0 Å². The van der Waals surface area contributed by atoms with Crippen molar-refractivity contribution >= 4 is 30.4 Å². The molecule has 0 amide bonds. The van der Waals surface area contributed by atoms with Crippen molar-refractivity contribution in [3.8, 4) is 0 Å². The van der Waals surface area contributed by atoms with E-state index in [1.807, 2.05) is 0 Å². The molecule has 0 aliphatic rings. The van der Waals surface area contributed by atoms with E-state index in [0.717, 1.165) is 5.92 Å². The molecule has 0 aliphatic carbocycles. The molecule has 0 heterocycles. The van der Waals surface area contributed by atoms with Gasteiger partial charge >= 0.3 is 0 Å². The average molecular weight is 158 g/mol. The van der Waals surface area contributed by atoms with Crippen LogP contribution in [0.4, 0.5) is 0 Å². The molecule has 0 aliphatic heterocycles. The van der Waals surface area contributed by atoms with Crippen LogP contribution in [-0.4, -0.2) is 30.4 Å². The van der Waals surface area contributed by atoms with Gasteiger partial charge in [-0.25, -0.2) is 0 Å². The summed E-state index contributed by atoms with van der Waals surface area (Å²) in [5.74, 6) is 7.86. The molecule has 0 bridgehead atoms. The van der Waals surface area contributed by atoms with Crippen LogP contribution in [0.1, 0.15) is 13.8 Å². The van der Waals surface area contributed by atoms with Crippen molar-refractivity contribution in [2.24, 2.45) is 5.92 Å². The molecule has 0 saturated heterocycles. The Hall–Kier alpha value is 1.06. The first-order valence-corrected chi connectivity index (χ1v) is 8.88. The van der Waals surface area contributed by atoms with Crippen molar-refractivity contribution in [1.29, 1.82) is 0 Å². The van der Waals surface area contributed by atoms with Crippen molar-refractivity contribution in [2.75, 3.05) is 0 Å². The van der Waals surface area contributed by atoms with Crippen LogP contribution in [0.5, 0.6) is 0 Å². The molecule has 0 fully saturated rings. The molecule has 0 saturated carbocycles. The Kier molecular flexibility index (Phi) is 12.8. The zero-order chi connectivity index (χ0) is 7.86. The fraction of sp³-hybridized carbons (Fsp3) is 1.00. The maximum atomic E-state index is 2.31. The molecule has 0 N–H and O–H groups in total. The molecule has 0 aromatic rings. The lowest BCUT2D eigenvalue weighted by atomic mass is 10.3. The molecule has 0 aromatic carbocycles. The van der Waals surface area contributed by atoms with Gasteiger partial charge in [-0.2, -0.15) is 0 Å². The lowest BCUT2D eigenvalue weighted by Crippen LogP contribution is -1.84. The van der Waals surface area contributed by atoms with E-state index in [1.165, 1.54) is 21.6 Å². The molecule has 0 unspecified atom stereocenters. The van der Waals surface area contributed by atoms with Gasteiger partial charge in [-0.15, -0.1) is 17.4 Å². The van der Waals surface area contributed by atoms with Crippen LogP contribution in [-0.2, 0) is 0 Å². The molecule has 54 valence electrons.